The summed E-state index contributed by atoms with van der Waals surface area (Å²) in [5.41, 5.74) is 1.61. The quantitative estimate of drug-likeness (QED) is 0.587. The number of pyridine rings is 1. The number of amides is 1. The van der Waals surface area contributed by atoms with Crippen molar-refractivity contribution in [2.75, 3.05) is 26.5 Å². The number of ether oxygens (including phenoxy) is 1. The normalized spacial score (nSPS) is 17.5. The third kappa shape index (κ3) is 4.05. The van der Waals surface area contributed by atoms with Gasteiger partial charge in [-0.2, -0.15) is 4.31 Å². The smallest absolute Gasteiger partial charge is 0.256 e. The summed E-state index contributed by atoms with van der Waals surface area (Å²) in [4.78, 5) is 19.5. The van der Waals surface area contributed by atoms with Crippen LogP contribution in [0.2, 0.25) is 0 Å². The number of alkyl halides is 1. The van der Waals surface area contributed by atoms with E-state index in [0.29, 0.717) is 16.6 Å². The fraction of sp³-hybridized carbons (Fsp3) is 0.304. The van der Waals surface area contributed by atoms with Crippen LogP contribution in [-0.2, 0) is 10.0 Å². The molecular formula is C23H24FN3O4S. The summed E-state index contributed by atoms with van der Waals surface area (Å²) in [6.07, 6.45) is 1.65. The van der Waals surface area contributed by atoms with Crippen LogP contribution in [-0.4, -0.2) is 61.1 Å². The monoisotopic (exact) mass is 457 g/mol. The summed E-state index contributed by atoms with van der Waals surface area (Å²) >= 11 is 0. The summed E-state index contributed by atoms with van der Waals surface area (Å²) in [7, 11) is -3.77. The Labute approximate surface area is 186 Å². The number of sulfonamides is 1. The number of aromatic nitrogens is 1. The van der Waals surface area contributed by atoms with E-state index in [9.17, 15) is 17.6 Å². The molecule has 0 aliphatic carbocycles. The van der Waals surface area contributed by atoms with Gasteiger partial charge in [0.1, 0.15) is 5.75 Å². The molecule has 0 radical (unpaired) electrons. The number of aryl methyl sites for hydroxylation is 1. The van der Waals surface area contributed by atoms with Gasteiger partial charge in [0.2, 0.25) is 16.9 Å². The molecule has 0 N–H and O–H groups in total. The van der Waals surface area contributed by atoms with Crippen LogP contribution in [0.15, 0.2) is 59.6 Å². The Bertz CT molecular complexity index is 1260. The molecule has 3 aromatic rings. The number of halogens is 1. The highest BCUT2D eigenvalue weighted by Gasteiger charge is 2.35. The Morgan fingerprint density at radius 2 is 1.97 bits per heavy atom. The fourth-order valence-corrected chi connectivity index (χ4v) is 5.80. The van der Waals surface area contributed by atoms with Crippen molar-refractivity contribution in [2.24, 2.45) is 0 Å². The minimum absolute atomic E-state index is 0.147. The first-order valence-electron chi connectivity index (χ1n) is 10.3. The molecule has 1 unspecified atom stereocenters. The topological polar surface area (TPSA) is 79.8 Å². The molecule has 168 valence electrons. The zero-order chi connectivity index (χ0) is 22.9. The van der Waals surface area contributed by atoms with Crippen LogP contribution in [0.5, 0.6) is 5.75 Å². The number of nitrogens with zero attached hydrogens (tertiary/aromatic N) is 3. The number of piperazine rings is 1. The van der Waals surface area contributed by atoms with Crippen molar-refractivity contribution in [3.05, 3.63) is 65.9 Å². The first kappa shape index (κ1) is 22.2. The SMILES string of the molecule is Cc1cc(OCF)ccc1S(=O)(=O)N1CCN(C(=O)c2cccc3cccnc23)C(C)C1. The molecule has 0 spiro atoms. The van der Waals surface area contributed by atoms with Crippen molar-refractivity contribution < 1.29 is 22.3 Å². The van der Waals surface area contributed by atoms with Gasteiger partial charge < -0.3 is 9.64 Å². The first-order valence-corrected chi connectivity index (χ1v) is 11.7. The lowest BCUT2D eigenvalue weighted by molar-refractivity contribution is 0.0593. The van der Waals surface area contributed by atoms with Crippen LogP contribution in [0.25, 0.3) is 10.9 Å². The molecule has 0 bridgehead atoms. The predicted molar refractivity (Wildman–Crippen MR) is 119 cm³/mol. The molecule has 0 saturated carbocycles. The van der Waals surface area contributed by atoms with E-state index < -0.39 is 16.9 Å². The number of fused-ring (bicyclic) bond motifs is 1. The van der Waals surface area contributed by atoms with Gasteiger partial charge in [-0.1, -0.05) is 18.2 Å². The molecule has 1 fully saturated rings. The van der Waals surface area contributed by atoms with E-state index in [1.807, 2.05) is 31.2 Å². The fourth-order valence-electron chi connectivity index (χ4n) is 4.08. The highest BCUT2D eigenvalue weighted by Crippen LogP contribution is 2.27. The Balaban J connectivity index is 1.55. The maximum atomic E-state index is 13.3. The largest absolute Gasteiger partial charge is 0.463 e. The Kier molecular flexibility index (Phi) is 6.12. The van der Waals surface area contributed by atoms with Gasteiger partial charge in [-0.05, 0) is 49.7 Å². The number of para-hydroxylation sites is 1. The van der Waals surface area contributed by atoms with Crippen molar-refractivity contribution in [1.82, 2.24) is 14.2 Å². The van der Waals surface area contributed by atoms with Gasteiger partial charge in [0.15, 0.2) is 0 Å². The van der Waals surface area contributed by atoms with Crippen molar-refractivity contribution >= 4 is 26.8 Å². The summed E-state index contributed by atoms with van der Waals surface area (Å²) in [5.74, 6) is 0.110. The maximum absolute atomic E-state index is 13.3. The van der Waals surface area contributed by atoms with Crippen molar-refractivity contribution in [2.45, 2.75) is 24.8 Å². The van der Waals surface area contributed by atoms with Gasteiger partial charge in [-0.15, -0.1) is 0 Å². The molecule has 1 amide bonds. The standard InChI is InChI=1S/C23H24FN3O4S/c1-16-13-19(31-15-24)8-9-21(16)32(29,30)26-11-12-27(17(2)14-26)23(28)20-7-3-5-18-6-4-10-25-22(18)20/h3-10,13,17H,11-12,14-15H2,1-2H3. The van der Waals surface area contributed by atoms with E-state index in [4.69, 9.17) is 4.74 Å². The van der Waals surface area contributed by atoms with Gasteiger partial charge in [0.25, 0.3) is 5.91 Å². The predicted octanol–water partition coefficient (Wildman–Crippen LogP) is 3.38. The Morgan fingerprint density at radius 3 is 2.69 bits per heavy atom. The number of hydrogen-bond donors (Lipinski definition) is 0. The zero-order valence-corrected chi connectivity index (χ0v) is 18.7. The van der Waals surface area contributed by atoms with Gasteiger partial charge >= 0.3 is 0 Å². The van der Waals surface area contributed by atoms with Crippen LogP contribution >= 0.6 is 0 Å². The summed E-state index contributed by atoms with van der Waals surface area (Å²) < 4.78 is 45.1. The van der Waals surface area contributed by atoms with E-state index in [-0.39, 0.29) is 42.2 Å². The average Bonchev–Trinajstić information content (AvgIpc) is 2.78. The Hall–Kier alpha value is -3.04. The second kappa shape index (κ2) is 8.84. The van der Waals surface area contributed by atoms with Gasteiger partial charge in [0, 0.05) is 37.3 Å². The molecule has 1 atom stereocenters. The van der Waals surface area contributed by atoms with Crippen LogP contribution in [0.4, 0.5) is 4.39 Å². The highest BCUT2D eigenvalue weighted by molar-refractivity contribution is 7.89. The molecule has 7 nitrogen and oxygen atoms in total. The molecule has 2 aromatic carbocycles. The van der Waals surface area contributed by atoms with Gasteiger partial charge in [0.05, 0.1) is 16.0 Å². The third-order valence-electron chi connectivity index (χ3n) is 5.70. The van der Waals surface area contributed by atoms with E-state index in [1.165, 1.54) is 22.5 Å². The lowest BCUT2D eigenvalue weighted by Crippen LogP contribution is -2.55. The van der Waals surface area contributed by atoms with Crippen LogP contribution < -0.4 is 4.74 Å². The molecular weight excluding hydrogens is 433 g/mol. The summed E-state index contributed by atoms with van der Waals surface area (Å²) in [6, 6.07) is 13.2. The average molecular weight is 458 g/mol. The molecule has 32 heavy (non-hydrogen) atoms. The Morgan fingerprint density at radius 1 is 1.19 bits per heavy atom. The number of benzene rings is 2. The number of rotatable bonds is 5. The van der Waals surface area contributed by atoms with Crippen molar-refractivity contribution in [3.63, 3.8) is 0 Å². The van der Waals surface area contributed by atoms with E-state index in [0.717, 1.165) is 5.39 Å². The van der Waals surface area contributed by atoms with Crippen LogP contribution in [0.1, 0.15) is 22.8 Å². The van der Waals surface area contributed by atoms with Crippen LogP contribution in [0, 0.1) is 6.92 Å². The van der Waals surface area contributed by atoms with Crippen molar-refractivity contribution in [3.8, 4) is 5.75 Å². The van der Waals surface area contributed by atoms with Gasteiger partial charge in [-0.25, -0.2) is 12.8 Å². The molecule has 1 aromatic heterocycles. The molecule has 2 heterocycles. The molecule has 1 saturated heterocycles. The summed E-state index contributed by atoms with van der Waals surface area (Å²) in [6.45, 7) is 3.13. The minimum atomic E-state index is -3.77. The van der Waals surface area contributed by atoms with Crippen LogP contribution in [0.3, 0.4) is 0 Å². The van der Waals surface area contributed by atoms with E-state index in [1.54, 1.807) is 24.1 Å². The summed E-state index contributed by atoms with van der Waals surface area (Å²) in [5, 5.41) is 0.878. The minimum Gasteiger partial charge on any atom is -0.463 e. The maximum Gasteiger partial charge on any atom is 0.256 e. The molecule has 1 aliphatic rings. The highest BCUT2D eigenvalue weighted by atomic mass is 32.2. The molecule has 9 heteroatoms. The molecule has 1 aliphatic heterocycles. The lowest BCUT2D eigenvalue weighted by atomic mass is 10.1. The van der Waals surface area contributed by atoms with E-state index in [2.05, 4.69) is 4.98 Å². The first-order chi connectivity index (χ1) is 15.3. The second-order valence-electron chi connectivity index (χ2n) is 7.77. The zero-order valence-electron chi connectivity index (χ0n) is 17.9. The van der Waals surface area contributed by atoms with Crippen molar-refractivity contribution in [1.29, 1.82) is 0 Å². The lowest BCUT2D eigenvalue weighted by Gasteiger charge is -2.39. The second-order valence-corrected chi connectivity index (χ2v) is 9.68. The number of carbonyl (C=O) groups is 1. The number of hydrogen-bond acceptors (Lipinski definition) is 5. The van der Waals surface area contributed by atoms with Gasteiger partial charge in [-0.3, -0.25) is 9.78 Å². The number of carbonyl (C=O) groups excluding carboxylic acids is 1. The van der Waals surface area contributed by atoms with E-state index >= 15 is 0 Å². The third-order valence-corrected chi connectivity index (χ3v) is 7.73. The molecule has 4 rings (SSSR count).